The van der Waals surface area contributed by atoms with Gasteiger partial charge in [-0.05, 0) is 36.1 Å². The minimum atomic E-state index is -0.680. The van der Waals surface area contributed by atoms with E-state index in [1.807, 2.05) is 18.2 Å². The number of nitrogens with zero attached hydrogens (tertiary/aromatic N) is 1. The molecule has 4 heteroatoms. The van der Waals surface area contributed by atoms with Crippen molar-refractivity contribution in [3.8, 4) is 0 Å². The van der Waals surface area contributed by atoms with Gasteiger partial charge in [0.1, 0.15) is 0 Å². The topological polar surface area (TPSA) is 57.6 Å². The number of hydrogen-bond acceptors (Lipinski definition) is 3. The van der Waals surface area contributed by atoms with Gasteiger partial charge in [-0.25, -0.2) is 4.90 Å². The summed E-state index contributed by atoms with van der Waals surface area (Å²) in [5.74, 6) is -1.67. The second-order valence-electron chi connectivity index (χ2n) is 5.81. The Bertz CT molecular complexity index is 791. The second kappa shape index (κ2) is 6.71. The standard InChI is InChI=1S/C20H19NO3/c1-2-3-7-14-10-12-16(13-11-14)21-19(23)17(18(22)20(21)24)15-8-5-4-6-9-15/h4-6,8-13,22H,2-3,7H2,1H3. The molecule has 2 aromatic rings. The Kier molecular flexibility index (Phi) is 4.47. The summed E-state index contributed by atoms with van der Waals surface area (Å²) in [5, 5.41) is 10.2. The Balaban J connectivity index is 1.89. The third-order valence-electron chi connectivity index (χ3n) is 4.14. The fourth-order valence-corrected chi connectivity index (χ4v) is 2.81. The quantitative estimate of drug-likeness (QED) is 0.851. The van der Waals surface area contributed by atoms with Crippen LogP contribution in [0.15, 0.2) is 60.4 Å². The minimum absolute atomic E-state index is 0.0515. The largest absolute Gasteiger partial charge is 0.502 e. The molecule has 4 nitrogen and oxygen atoms in total. The molecule has 122 valence electrons. The third-order valence-corrected chi connectivity index (χ3v) is 4.14. The first-order chi connectivity index (χ1) is 11.6. The van der Waals surface area contributed by atoms with E-state index >= 15 is 0 Å². The van der Waals surface area contributed by atoms with E-state index in [9.17, 15) is 14.7 Å². The van der Waals surface area contributed by atoms with Gasteiger partial charge in [-0.15, -0.1) is 0 Å². The SMILES string of the molecule is CCCCc1ccc(N2C(=O)C(O)=C(c3ccccc3)C2=O)cc1. The highest BCUT2D eigenvalue weighted by molar-refractivity contribution is 6.44. The van der Waals surface area contributed by atoms with E-state index in [2.05, 4.69) is 6.92 Å². The predicted molar refractivity (Wildman–Crippen MR) is 93.5 cm³/mol. The number of benzene rings is 2. The average molecular weight is 321 g/mol. The number of imide groups is 1. The lowest BCUT2D eigenvalue weighted by Crippen LogP contribution is -2.31. The van der Waals surface area contributed by atoms with Crippen molar-refractivity contribution < 1.29 is 14.7 Å². The summed E-state index contributed by atoms with van der Waals surface area (Å²) in [4.78, 5) is 26.1. The van der Waals surface area contributed by atoms with Crippen molar-refractivity contribution in [2.45, 2.75) is 26.2 Å². The van der Waals surface area contributed by atoms with Crippen molar-refractivity contribution in [1.82, 2.24) is 0 Å². The zero-order chi connectivity index (χ0) is 17.1. The van der Waals surface area contributed by atoms with Crippen LogP contribution < -0.4 is 4.90 Å². The van der Waals surface area contributed by atoms with E-state index in [1.54, 1.807) is 36.4 Å². The molecule has 2 amide bonds. The number of anilines is 1. The monoisotopic (exact) mass is 321 g/mol. The van der Waals surface area contributed by atoms with Crippen molar-refractivity contribution >= 4 is 23.1 Å². The number of rotatable bonds is 5. The lowest BCUT2D eigenvalue weighted by atomic mass is 10.1. The molecule has 1 aliphatic rings. The number of aliphatic hydroxyl groups is 1. The van der Waals surface area contributed by atoms with Crippen LogP contribution in [0.25, 0.3) is 5.57 Å². The molecule has 0 bridgehead atoms. The van der Waals surface area contributed by atoms with Crippen LogP contribution in [0.3, 0.4) is 0 Å². The van der Waals surface area contributed by atoms with Crippen LogP contribution in [-0.2, 0) is 16.0 Å². The zero-order valence-electron chi connectivity index (χ0n) is 13.5. The Labute approximate surface area is 141 Å². The predicted octanol–water partition coefficient (Wildman–Crippen LogP) is 3.87. The summed E-state index contributed by atoms with van der Waals surface area (Å²) in [6.07, 6.45) is 3.18. The average Bonchev–Trinajstić information content (AvgIpc) is 2.84. The van der Waals surface area contributed by atoms with Crippen molar-refractivity contribution in [2.24, 2.45) is 0 Å². The maximum Gasteiger partial charge on any atom is 0.301 e. The number of unbranched alkanes of at least 4 members (excludes halogenated alkanes) is 1. The Morgan fingerprint density at radius 3 is 2.21 bits per heavy atom. The van der Waals surface area contributed by atoms with E-state index in [-0.39, 0.29) is 5.57 Å². The van der Waals surface area contributed by atoms with Crippen LogP contribution in [0.5, 0.6) is 0 Å². The summed E-state index contributed by atoms with van der Waals surface area (Å²) in [6.45, 7) is 2.13. The van der Waals surface area contributed by atoms with Gasteiger partial charge in [0.05, 0.1) is 11.3 Å². The first-order valence-electron chi connectivity index (χ1n) is 8.10. The molecule has 2 aromatic carbocycles. The summed E-state index contributed by atoms with van der Waals surface area (Å²) in [5.41, 5.74) is 2.23. The normalized spacial score (nSPS) is 14.6. The molecule has 0 radical (unpaired) electrons. The lowest BCUT2D eigenvalue weighted by Gasteiger charge is -2.15. The number of amides is 2. The second-order valence-corrected chi connectivity index (χ2v) is 5.81. The minimum Gasteiger partial charge on any atom is -0.502 e. The highest BCUT2D eigenvalue weighted by atomic mass is 16.3. The van der Waals surface area contributed by atoms with Crippen molar-refractivity contribution in [3.63, 3.8) is 0 Å². The first kappa shape index (κ1) is 16.0. The molecule has 1 aliphatic heterocycles. The highest BCUT2D eigenvalue weighted by Crippen LogP contribution is 2.31. The van der Waals surface area contributed by atoms with Gasteiger partial charge >= 0.3 is 5.91 Å². The maximum atomic E-state index is 12.7. The molecule has 24 heavy (non-hydrogen) atoms. The summed E-state index contributed by atoms with van der Waals surface area (Å²) in [6, 6.07) is 16.1. The van der Waals surface area contributed by atoms with Crippen LogP contribution in [0.1, 0.15) is 30.9 Å². The molecule has 0 fully saturated rings. The van der Waals surface area contributed by atoms with Gasteiger partial charge in [-0.2, -0.15) is 0 Å². The van der Waals surface area contributed by atoms with E-state index in [0.29, 0.717) is 11.3 Å². The fourth-order valence-electron chi connectivity index (χ4n) is 2.81. The zero-order valence-corrected chi connectivity index (χ0v) is 13.5. The Morgan fingerprint density at radius 2 is 1.58 bits per heavy atom. The number of carbonyl (C=O) groups excluding carboxylic acids is 2. The van der Waals surface area contributed by atoms with Gasteiger partial charge in [0.2, 0.25) is 0 Å². The molecule has 0 unspecified atom stereocenters. The smallest absolute Gasteiger partial charge is 0.301 e. The molecule has 1 N–H and O–H groups in total. The van der Waals surface area contributed by atoms with Crippen molar-refractivity contribution in [3.05, 3.63) is 71.5 Å². The van der Waals surface area contributed by atoms with Gasteiger partial charge in [-0.1, -0.05) is 55.8 Å². The van der Waals surface area contributed by atoms with Gasteiger partial charge in [0.25, 0.3) is 5.91 Å². The van der Waals surface area contributed by atoms with E-state index in [4.69, 9.17) is 0 Å². The third kappa shape index (κ3) is 2.83. The molecule has 0 atom stereocenters. The molecule has 0 saturated carbocycles. The molecular weight excluding hydrogens is 302 g/mol. The Hall–Kier alpha value is -2.88. The highest BCUT2D eigenvalue weighted by Gasteiger charge is 2.40. The van der Waals surface area contributed by atoms with Gasteiger partial charge < -0.3 is 5.11 Å². The van der Waals surface area contributed by atoms with Gasteiger partial charge in [0, 0.05) is 0 Å². The van der Waals surface area contributed by atoms with E-state index in [1.165, 1.54) is 5.56 Å². The fraction of sp³-hybridized carbons (Fsp3) is 0.200. The molecule has 3 rings (SSSR count). The van der Waals surface area contributed by atoms with Crippen molar-refractivity contribution in [2.75, 3.05) is 4.90 Å². The summed E-state index contributed by atoms with van der Waals surface area (Å²) < 4.78 is 0. The first-order valence-corrected chi connectivity index (χ1v) is 8.10. The number of hydrogen-bond donors (Lipinski definition) is 1. The Morgan fingerprint density at radius 1 is 0.917 bits per heavy atom. The molecular formula is C20H19NO3. The summed E-state index contributed by atoms with van der Waals surface area (Å²) in [7, 11) is 0. The number of aliphatic hydroxyl groups excluding tert-OH is 1. The van der Waals surface area contributed by atoms with E-state index < -0.39 is 17.6 Å². The maximum absolute atomic E-state index is 12.7. The van der Waals surface area contributed by atoms with Crippen LogP contribution in [0.4, 0.5) is 5.69 Å². The van der Waals surface area contributed by atoms with Crippen LogP contribution in [0, 0.1) is 0 Å². The van der Waals surface area contributed by atoms with Crippen LogP contribution >= 0.6 is 0 Å². The van der Waals surface area contributed by atoms with Crippen molar-refractivity contribution in [1.29, 1.82) is 0 Å². The van der Waals surface area contributed by atoms with Crippen LogP contribution in [-0.4, -0.2) is 16.9 Å². The van der Waals surface area contributed by atoms with Gasteiger partial charge in [0.15, 0.2) is 5.76 Å². The number of carbonyl (C=O) groups is 2. The number of aryl methyl sites for hydroxylation is 1. The molecule has 0 saturated heterocycles. The molecule has 0 aliphatic carbocycles. The van der Waals surface area contributed by atoms with E-state index in [0.717, 1.165) is 24.2 Å². The molecule has 0 spiro atoms. The lowest BCUT2D eigenvalue weighted by molar-refractivity contribution is -0.121. The van der Waals surface area contributed by atoms with Crippen LogP contribution in [0.2, 0.25) is 0 Å². The van der Waals surface area contributed by atoms with Gasteiger partial charge in [-0.3, -0.25) is 9.59 Å². The summed E-state index contributed by atoms with van der Waals surface area (Å²) >= 11 is 0. The molecule has 0 aromatic heterocycles. The molecule has 1 heterocycles.